The Morgan fingerprint density at radius 2 is 2.25 bits per heavy atom. The molecule has 4 nitrogen and oxygen atoms in total. The molecule has 0 radical (unpaired) electrons. The van der Waals surface area contributed by atoms with E-state index in [1.165, 1.54) is 9.75 Å². The molecule has 1 aliphatic rings. The first-order valence-corrected chi connectivity index (χ1v) is 8.44. The number of hydrogen-bond acceptors (Lipinski definition) is 6. The molecule has 0 bridgehead atoms. The molecule has 20 heavy (non-hydrogen) atoms. The summed E-state index contributed by atoms with van der Waals surface area (Å²) in [5.74, 6) is 0. The molecule has 1 saturated heterocycles. The summed E-state index contributed by atoms with van der Waals surface area (Å²) >= 11 is 3.42. The number of aliphatic hydroxyl groups is 1. The summed E-state index contributed by atoms with van der Waals surface area (Å²) in [6, 6.07) is 4.13. The lowest BCUT2D eigenvalue weighted by atomic mass is 9.94. The second kappa shape index (κ2) is 6.32. The molecule has 0 atom stereocenters. The normalized spacial score (nSPS) is 18.2. The smallest absolute Gasteiger partial charge is 0.133 e. The minimum Gasteiger partial charge on any atom is -0.388 e. The number of hydrogen-bond donors (Lipinski definition) is 2. The highest BCUT2D eigenvalue weighted by atomic mass is 32.1. The molecule has 2 aromatic heterocycles. The Balaban J connectivity index is 1.51. The maximum Gasteiger partial charge on any atom is 0.133 e. The fourth-order valence-electron chi connectivity index (χ4n) is 2.25. The van der Waals surface area contributed by atoms with Gasteiger partial charge in [0, 0.05) is 50.2 Å². The van der Waals surface area contributed by atoms with Crippen molar-refractivity contribution in [3.63, 3.8) is 0 Å². The highest BCUT2D eigenvalue weighted by Gasteiger charge is 2.29. The minimum atomic E-state index is -0.612. The number of rotatable bonds is 5. The molecule has 0 aromatic carbocycles. The van der Waals surface area contributed by atoms with Gasteiger partial charge in [0.15, 0.2) is 0 Å². The Bertz CT molecular complexity index is 533. The molecule has 108 valence electrons. The average Bonchev–Trinajstić information content (AvgIpc) is 3.09. The van der Waals surface area contributed by atoms with Crippen molar-refractivity contribution in [1.29, 1.82) is 0 Å². The molecule has 0 saturated carbocycles. The predicted octanol–water partition coefficient (Wildman–Crippen LogP) is 2.50. The predicted molar refractivity (Wildman–Crippen MR) is 82.1 cm³/mol. The van der Waals surface area contributed by atoms with Crippen molar-refractivity contribution >= 4 is 22.7 Å². The SMILES string of the molecule is OC1(CNCc2cnc(-c3cccs3)s2)CCOCC1. The van der Waals surface area contributed by atoms with E-state index >= 15 is 0 Å². The van der Waals surface area contributed by atoms with Gasteiger partial charge in [-0.05, 0) is 11.4 Å². The van der Waals surface area contributed by atoms with Gasteiger partial charge in [0.2, 0.25) is 0 Å². The van der Waals surface area contributed by atoms with Crippen LogP contribution in [0.4, 0.5) is 0 Å². The topological polar surface area (TPSA) is 54.4 Å². The van der Waals surface area contributed by atoms with Crippen LogP contribution in [0.15, 0.2) is 23.7 Å². The molecule has 3 heterocycles. The van der Waals surface area contributed by atoms with Gasteiger partial charge in [0.1, 0.15) is 5.01 Å². The number of aromatic nitrogens is 1. The van der Waals surface area contributed by atoms with Crippen LogP contribution in [-0.2, 0) is 11.3 Å². The van der Waals surface area contributed by atoms with Crippen molar-refractivity contribution in [2.45, 2.75) is 25.0 Å². The molecule has 1 fully saturated rings. The number of ether oxygens (including phenoxy) is 1. The molecule has 0 aliphatic carbocycles. The van der Waals surface area contributed by atoms with Crippen LogP contribution in [0.5, 0.6) is 0 Å². The van der Waals surface area contributed by atoms with E-state index in [-0.39, 0.29) is 0 Å². The van der Waals surface area contributed by atoms with E-state index in [0.717, 1.165) is 11.6 Å². The summed E-state index contributed by atoms with van der Waals surface area (Å²) in [5, 5.41) is 16.8. The summed E-state index contributed by atoms with van der Waals surface area (Å²) in [5.41, 5.74) is -0.612. The highest BCUT2D eigenvalue weighted by molar-refractivity contribution is 7.20. The molecular weight excluding hydrogens is 292 g/mol. The van der Waals surface area contributed by atoms with Crippen LogP contribution in [0.1, 0.15) is 17.7 Å². The molecule has 0 unspecified atom stereocenters. The Labute approximate surface area is 126 Å². The van der Waals surface area contributed by atoms with Gasteiger partial charge in [-0.25, -0.2) is 4.98 Å². The number of thiazole rings is 1. The second-order valence-corrected chi connectivity index (χ2v) is 7.11. The van der Waals surface area contributed by atoms with Crippen LogP contribution >= 0.6 is 22.7 Å². The van der Waals surface area contributed by atoms with Gasteiger partial charge in [-0.2, -0.15) is 0 Å². The van der Waals surface area contributed by atoms with Crippen molar-refractivity contribution in [2.75, 3.05) is 19.8 Å². The Hall–Kier alpha value is -0.790. The van der Waals surface area contributed by atoms with Gasteiger partial charge in [-0.1, -0.05) is 6.07 Å². The van der Waals surface area contributed by atoms with E-state index in [9.17, 15) is 5.11 Å². The molecule has 3 rings (SSSR count). The zero-order valence-electron chi connectivity index (χ0n) is 11.2. The third-order valence-corrected chi connectivity index (χ3v) is 5.50. The lowest BCUT2D eigenvalue weighted by molar-refractivity contribution is -0.0616. The summed E-state index contributed by atoms with van der Waals surface area (Å²) in [4.78, 5) is 6.86. The van der Waals surface area contributed by atoms with Gasteiger partial charge in [0.25, 0.3) is 0 Å². The molecule has 2 N–H and O–H groups in total. The molecular formula is C14H18N2O2S2. The fourth-order valence-corrected chi connectivity index (χ4v) is 3.94. The number of nitrogens with one attached hydrogen (secondary N) is 1. The standard InChI is InChI=1S/C14H18N2O2S2/c17-14(3-5-18-6-4-14)10-15-8-11-9-16-13(20-11)12-2-1-7-19-12/h1-2,7,9,15,17H,3-6,8,10H2. The lowest BCUT2D eigenvalue weighted by Crippen LogP contribution is -2.44. The van der Waals surface area contributed by atoms with Crippen molar-refractivity contribution in [2.24, 2.45) is 0 Å². The summed E-state index contributed by atoms with van der Waals surface area (Å²) in [6.45, 7) is 2.68. The Kier molecular flexibility index (Phi) is 4.48. The highest BCUT2D eigenvalue weighted by Crippen LogP contribution is 2.28. The first-order valence-electron chi connectivity index (χ1n) is 6.75. The quantitative estimate of drug-likeness (QED) is 0.891. The first kappa shape index (κ1) is 14.2. The molecule has 1 aliphatic heterocycles. The van der Waals surface area contributed by atoms with Crippen molar-refractivity contribution < 1.29 is 9.84 Å². The lowest BCUT2D eigenvalue weighted by Gasteiger charge is -2.32. The first-order chi connectivity index (χ1) is 9.75. The monoisotopic (exact) mass is 310 g/mol. The summed E-state index contributed by atoms with van der Waals surface area (Å²) < 4.78 is 5.28. The Morgan fingerprint density at radius 3 is 3.00 bits per heavy atom. The zero-order valence-corrected chi connectivity index (χ0v) is 12.8. The van der Waals surface area contributed by atoms with Crippen molar-refractivity contribution in [3.05, 3.63) is 28.6 Å². The van der Waals surface area contributed by atoms with E-state index in [0.29, 0.717) is 32.6 Å². The van der Waals surface area contributed by atoms with Crippen LogP contribution in [-0.4, -0.2) is 35.5 Å². The van der Waals surface area contributed by atoms with Crippen LogP contribution in [0.2, 0.25) is 0 Å². The average molecular weight is 310 g/mol. The molecule has 2 aromatic rings. The van der Waals surface area contributed by atoms with Gasteiger partial charge in [-0.15, -0.1) is 22.7 Å². The summed E-state index contributed by atoms with van der Waals surface area (Å²) in [6.07, 6.45) is 3.34. The molecule has 0 spiro atoms. The second-order valence-electron chi connectivity index (χ2n) is 5.05. The minimum absolute atomic E-state index is 0.612. The number of nitrogens with zero attached hydrogens (tertiary/aromatic N) is 1. The maximum atomic E-state index is 10.4. The van der Waals surface area contributed by atoms with Gasteiger partial charge >= 0.3 is 0 Å². The van der Waals surface area contributed by atoms with Crippen molar-refractivity contribution in [1.82, 2.24) is 10.3 Å². The maximum absolute atomic E-state index is 10.4. The Morgan fingerprint density at radius 1 is 1.40 bits per heavy atom. The third kappa shape index (κ3) is 3.45. The number of thiophene rings is 1. The fraction of sp³-hybridized carbons (Fsp3) is 0.500. The van der Waals surface area contributed by atoms with Gasteiger partial charge < -0.3 is 15.2 Å². The third-order valence-electron chi connectivity index (χ3n) is 3.46. The van der Waals surface area contributed by atoms with Gasteiger partial charge in [-0.3, -0.25) is 0 Å². The molecule has 6 heteroatoms. The van der Waals surface area contributed by atoms with E-state index in [1.807, 2.05) is 12.3 Å². The van der Waals surface area contributed by atoms with Crippen molar-refractivity contribution in [3.8, 4) is 9.88 Å². The van der Waals surface area contributed by atoms with Crippen LogP contribution in [0.25, 0.3) is 9.88 Å². The van der Waals surface area contributed by atoms with Crippen LogP contribution < -0.4 is 5.32 Å². The van der Waals surface area contributed by atoms with Crippen LogP contribution in [0, 0.1) is 0 Å². The zero-order chi connectivity index (χ0) is 13.8. The molecule has 0 amide bonds. The largest absolute Gasteiger partial charge is 0.388 e. The van der Waals surface area contributed by atoms with Gasteiger partial charge in [0.05, 0.1) is 10.5 Å². The van der Waals surface area contributed by atoms with E-state index in [1.54, 1.807) is 22.7 Å². The van der Waals surface area contributed by atoms with Crippen LogP contribution in [0.3, 0.4) is 0 Å². The summed E-state index contributed by atoms with van der Waals surface area (Å²) in [7, 11) is 0. The van der Waals surface area contributed by atoms with E-state index < -0.39 is 5.60 Å². The van der Waals surface area contributed by atoms with E-state index in [4.69, 9.17) is 4.74 Å². The van der Waals surface area contributed by atoms with E-state index in [2.05, 4.69) is 21.7 Å².